The van der Waals surface area contributed by atoms with Crippen molar-refractivity contribution in [2.24, 2.45) is 17.2 Å². The van der Waals surface area contributed by atoms with Crippen LogP contribution in [0.25, 0.3) is 10.9 Å². The monoisotopic (exact) mass is 547 g/mol. The number of fused-ring (bicyclic) bond motifs is 1. The van der Waals surface area contributed by atoms with E-state index in [1.54, 1.807) is 30.5 Å². The van der Waals surface area contributed by atoms with E-state index in [4.69, 9.17) is 17.2 Å². The van der Waals surface area contributed by atoms with Gasteiger partial charge in [0.1, 0.15) is 24.2 Å². The third kappa shape index (κ3) is 9.08. The minimum Gasteiger partial charge on any atom is -0.480 e. The zero-order chi connectivity index (χ0) is 29.3. The summed E-state index contributed by atoms with van der Waals surface area (Å²) >= 11 is 0. The molecule has 0 aliphatic carbocycles. The normalized spacial score (nSPS) is 14.8. The van der Waals surface area contributed by atoms with Gasteiger partial charge in [0, 0.05) is 29.9 Å². The molecule has 5 unspecified atom stereocenters. The Bertz CT molecular complexity index is 1230. The van der Waals surface area contributed by atoms with Crippen molar-refractivity contribution in [3.63, 3.8) is 0 Å². The number of aromatic amines is 1. The number of nitrogens with two attached hydrogens (primary N) is 3. The van der Waals surface area contributed by atoms with E-state index >= 15 is 0 Å². The fourth-order valence-corrected chi connectivity index (χ4v) is 3.72. The van der Waals surface area contributed by atoms with Crippen molar-refractivity contribution in [3.05, 3.63) is 36.0 Å². The number of carbonyl (C=O) groups is 6. The number of aliphatic carboxylic acids is 1. The Kier molecular flexibility index (Phi) is 10.9. The van der Waals surface area contributed by atoms with Crippen LogP contribution in [0.1, 0.15) is 31.7 Å². The number of benzene rings is 1. The molecular weight excluding hydrogens is 514 g/mol. The first-order chi connectivity index (χ1) is 18.3. The number of aliphatic hydroxyl groups is 1. The molecule has 0 saturated carbocycles. The molecule has 0 radical (unpaired) electrons. The fraction of sp³-hybridized carbons (Fsp3) is 0.417. The Balaban J connectivity index is 2.35. The lowest BCUT2D eigenvalue weighted by molar-refractivity contribution is -0.143. The number of aliphatic hydroxyl groups excluding tert-OH is 1. The molecule has 0 bridgehead atoms. The van der Waals surface area contributed by atoms with Crippen LogP contribution in [0.2, 0.25) is 0 Å². The van der Waals surface area contributed by atoms with E-state index in [1.165, 1.54) is 6.92 Å². The smallest absolute Gasteiger partial charge is 0.326 e. The number of carbonyl (C=O) groups excluding carboxylic acids is 5. The molecular formula is C24H33N7O8. The molecule has 212 valence electrons. The van der Waals surface area contributed by atoms with Gasteiger partial charge in [-0.05, 0) is 25.0 Å². The summed E-state index contributed by atoms with van der Waals surface area (Å²) in [6, 6.07) is 1.32. The van der Waals surface area contributed by atoms with E-state index in [1.807, 2.05) is 0 Å². The lowest BCUT2D eigenvalue weighted by Gasteiger charge is -2.25. The number of carboxylic acid groups (broad SMARTS) is 1. The second-order valence-corrected chi connectivity index (χ2v) is 9.03. The van der Waals surface area contributed by atoms with E-state index in [-0.39, 0.29) is 19.3 Å². The number of nitrogens with one attached hydrogen (secondary N) is 4. The molecule has 1 aromatic heterocycles. The molecule has 0 aliphatic heterocycles. The summed E-state index contributed by atoms with van der Waals surface area (Å²) in [6.07, 6.45) is -0.995. The summed E-state index contributed by atoms with van der Waals surface area (Å²) in [5.74, 6) is -5.97. The van der Waals surface area contributed by atoms with Gasteiger partial charge < -0.3 is 48.3 Å². The van der Waals surface area contributed by atoms with Crippen LogP contribution in [0.5, 0.6) is 0 Å². The highest BCUT2D eigenvalue weighted by molar-refractivity contribution is 5.96. The zero-order valence-electron chi connectivity index (χ0n) is 21.2. The van der Waals surface area contributed by atoms with Crippen molar-refractivity contribution < 1.29 is 39.0 Å². The van der Waals surface area contributed by atoms with E-state index in [2.05, 4.69) is 20.9 Å². The number of aromatic nitrogens is 1. The van der Waals surface area contributed by atoms with Crippen molar-refractivity contribution >= 4 is 46.4 Å². The predicted octanol–water partition coefficient (Wildman–Crippen LogP) is -2.90. The third-order valence-electron chi connectivity index (χ3n) is 5.89. The van der Waals surface area contributed by atoms with Gasteiger partial charge in [-0.15, -0.1) is 0 Å². The first kappa shape index (κ1) is 30.7. The maximum absolute atomic E-state index is 13.2. The van der Waals surface area contributed by atoms with Crippen LogP contribution in [0.4, 0.5) is 0 Å². The second kappa shape index (κ2) is 13.9. The van der Waals surface area contributed by atoms with Crippen LogP contribution < -0.4 is 33.2 Å². The van der Waals surface area contributed by atoms with Crippen LogP contribution in [0.3, 0.4) is 0 Å². The fourth-order valence-electron chi connectivity index (χ4n) is 3.72. The summed E-state index contributed by atoms with van der Waals surface area (Å²) in [5, 5.41) is 26.7. The van der Waals surface area contributed by atoms with Gasteiger partial charge in [0.05, 0.1) is 12.5 Å². The summed E-state index contributed by atoms with van der Waals surface area (Å²) < 4.78 is 0. The number of hydrogen-bond acceptors (Lipinski definition) is 8. The molecule has 0 spiro atoms. The van der Waals surface area contributed by atoms with Gasteiger partial charge in [0.25, 0.3) is 0 Å². The third-order valence-corrected chi connectivity index (χ3v) is 5.89. The molecule has 1 aromatic carbocycles. The average Bonchev–Trinajstić information content (AvgIpc) is 3.27. The van der Waals surface area contributed by atoms with E-state index in [9.17, 15) is 39.0 Å². The van der Waals surface area contributed by atoms with Gasteiger partial charge in [0.15, 0.2) is 0 Å². The lowest BCUT2D eigenvalue weighted by Crippen LogP contribution is -2.58. The van der Waals surface area contributed by atoms with Crippen molar-refractivity contribution in [1.82, 2.24) is 20.9 Å². The van der Waals surface area contributed by atoms with Gasteiger partial charge in [-0.1, -0.05) is 18.2 Å². The van der Waals surface area contributed by atoms with E-state index in [0.29, 0.717) is 5.56 Å². The highest BCUT2D eigenvalue weighted by Crippen LogP contribution is 2.19. The Labute approximate surface area is 222 Å². The van der Waals surface area contributed by atoms with Crippen LogP contribution in [-0.4, -0.2) is 81.0 Å². The number of para-hydroxylation sites is 1. The Hall–Kier alpha value is -4.50. The number of hydrogen-bond donors (Lipinski definition) is 9. The van der Waals surface area contributed by atoms with Crippen molar-refractivity contribution in [2.75, 3.05) is 0 Å². The van der Waals surface area contributed by atoms with Gasteiger partial charge in [-0.25, -0.2) is 4.79 Å². The Morgan fingerprint density at radius 1 is 0.897 bits per heavy atom. The summed E-state index contributed by atoms with van der Waals surface area (Å²) in [6.45, 7) is 1.27. The van der Waals surface area contributed by atoms with Gasteiger partial charge in [-0.2, -0.15) is 0 Å². The standard InChI is InChI=1S/C24H33N7O8/c1-11(32)20(27)23(37)29-15(6-7-18(25)33)21(35)30-16(22(36)31-17(24(38)39)9-19(26)34)8-12-10-28-14-5-3-2-4-13(12)14/h2-5,10-11,15-17,20,28,32H,6-9,27H2,1H3,(H2,25,33)(H2,26,34)(H,29,37)(H,30,35)(H,31,36)(H,38,39). The summed E-state index contributed by atoms with van der Waals surface area (Å²) in [5.41, 5.74) is 17.3. The zero-order valence-corrected chi connectivity index (χ0v) is 21.2. The molecule has 15 heteroatoms. The molecule has 5 amide bonds. The molecule has 0 aliphatic rings. The number of rotatable bonds is 15. The topological polar surface area (TPSA) is 273 Å². The minimum absolute atomic E-state index is 0.117. The molecule has 5 atom stereocenters. The first-order valence-electron chi connectivity index (χ1n) is 12.0. The van der Waals surface area contributed by atoms with Crippen LogP contribution in [-0.2, 0) is 35.2 Å². The molecule has 1 heterocycles. The lowest BCUT2D eigenvalue weighted by atomic mass is 10.0. The molecule has 39 heavy (non-hydrogen) atoms. The maximum Gasteiger partial charge on any atom is 0.326 e. The van der Waals surface area contributed by atoms with Crippen LogP contribution >= 0.6 is 0 Å². The van der Waals surface area contributed by atoms with Gasteiger partial charge in [0.2, 0.25) is 29.5 Å². The number of carboxylic acids is 1. The average molecular weight is 548 g/mol. The van der Waals surface area contributed by atoms with Crippen LogP contribution in [0, 0.1) is 0 Å². The quantitative estimate of drug-likeness (QED) is 0.110. The first-order valence-corrected chi connectivity index (χ1v) is 12.0. The van der Waals surface area contributed by atoms with Gasteiger partial charge in [-0.3, -0.25) is 24.0 Å². The van der Waals surface area contributed by atoms with Crippen molar-refractivity contribution in [1.29, 1.82) is 0 Å². The second-order valence-electron chi connectivity index (χ2n) is 9.03. The predicted molar refractivity (Wildman–Crippen MR) is 137 cm³/mol. The largest absolute Gasteiger partial charge is 0.480 e. The molecule has 12 N–H and O–H groups in total. The number of amides is 5. The Morgan fingerprint density at radius 3 is 2.08 bits per heavy atom. The molecule has 0 fully saturated rings. The van der Waals surface area contributed by atoms with Crippen molar-refractivity contribution in [3.8, 4) is 0 Å². The molecule has 15 nitrogen and oxygen atoms in total. The number of primary amides is 2. The van der Waals surface area contributed by atoms with Gasteiger partial charge >= 0.3 is 5.97 Å². The SMILES string of the molecule is CC(O)C(N)C(=O)NC(CCC(N)=O)C(=O)NC(Cc1c[nH]c2ccccc12)C(=O)NC(CC(N)=O)C(=O)O. The summed E-state index contributed by atoms with van der Waals surface area (Å²) in [4.78, 5) is 76.1. The van der Waals surface area contributed by atoms with E-state index < -0.39 is 72.2 Å². The van der Waals surface area contributed by atoms with Crippen LogP contribution in [0.15, 0.2) is 30.5 Å². The van der Waals surface area contributed by atoms with E-state index in [0.717, 1.165) is 10.9 Å². The molecule has 0 saturated heterocycles. The molecule has 2 aromatic rings. The molecule has 2 rings (SSSR count). The highest BCUT2D eigenvalue weighted by atomic mass is 16.4. The summed E-state index contributed by atoms with van der Waals surface area (Å²) in [7, 11) is 0. The maximum atomic E-state index is 13.2. The van der Waals surface area contributed by atoms with Crippen molar-refractivity contribution in [2.45, 2.75) is 62.9 Å². The highest BCUT2D eigenvalue weighted by Gasteiger charge is 2.32. The minimum atomic E-state index is -1.66. The number of H-pyrrole nitrogens is 1. The Morgan fingerprint density at radius 2 is 1.49 bits per heavy atom.